The fourth-order valence-electron chi connectivity index (χ4n) is 4.88. The summed E-state index contributed by atoms with van der Waals surface area (Å²) in [7, 11) is 0. The largest absolute Gasteiger partial charge is 0.486 e. The average molecular weight is 447 g/mol. The minimum absolute atomic E-state index is 0.00178. The highest BCUT2D eigenvalue weighted by Crippen LogP contribution is 2.68. The van der Waals surface area contributed by atoms with Crippen molar-refractivity contribution in [2.45, 2.75) is 45.1 Å². The second-order valence-electron chi connectivity index (χ2n) is 8.81. The van der Waals surface area contributed by atoms with Gasteiger partial charge < -0.3 is 14.8 Å². The predicted molar refractivity (Wildman–Crippen MR) is 113 cm³/mol. The maximum Gasteiger partial charge on any atom is 0.258 e. The molecule has 5 rings (SSSR count). The molecule has 0 radical (unpaired) electrons. The van der Waals surface area contributed by atoms with E-state index in [2.05, 4.69) is 10.3 Å². The maximum atomic E-state index is 13.4. The molecule has 0 atom stereocenters. The topological polar surface area (TPSA) is 77.5 Å². The molecular formula is C23H24ClFN2O4. The number of aromatic nitrogens is 1. The average Bonchev–Trinajstić information content (AvgIpc) is 2.64. The molecule has 1 aromatic heterocycles. The van der Waals surface area contributed by atoms with Crippen LogP contribution in [-0.2, 0) is 9.59 Å². The lowest BCUT2D eigenvalue weighted by molar-refractivity contribution is -0.173. The highest BCUT2D eigenvalue weighted by molar-refractivity contribution is 6.30. The van der Waals surface area contributed by atoms with Gasteiger partial charge in [-0.25, -0.2) is 4.39 Å². The lowest BCUT2D eigenvalue weighted by atomic mass is 9.38. The molecule has 0 aliphatic heterocycles. The van der Waals surface area contributed by atoms with E-state index in [0.29, 0.717) is 12.2 Å². The Labute approximate surface area is 185 Å². The van der Waals surface area contributed by atoms with Crippen molar-refractivity contribution >= 4 is 23.3 Å². The zero-order valence-electron chi connectivity index (χ0n) is 17.5. The monoisotopic (exact) mass is 446 g/mol. The molecule has 1 heterocycles. The Morgan fingerprint density at radius 1 is 1.06 bits per heavy atom. The van der Waals surface area contributed by atoms with Gasteiger partial charge in [-0.15, -0.1) is 0 Å². The van der Waals surface area contributed by atoms with Crippen LogP contribution >= 0.6 is 11.6 Å². The van der Waals surface area contributed by atoms with Gasteiger partial charge in [0.05, 0.1) is 5.02 Å². The van der Waals surface area contributed by atoms with Crippen LogP contribution in [0.3, 0.4) is 0 Å². The molecule has 3 aliphatic rings. The summed E-state index contributed by atoms with van der Waals surface area (Å²) >= 11 is 5.63. The Morgan fingerprint density at radius 2 is 1.71 bits per heavy atom. The number of hydrogen-bond acceptors (Lipinski definition) is 5. The molecule has 1 N–H and O–H groups in total. The van der Waals surface area contributed by atoms with Gasteiger partial charge in [0.15, 0.2) is 12.4 Å². The first kappa shape index (κ1) is 21.6. The Kier molecular flexibility index (Phi) is 5.64. The summed E-state index contributed by atoms with van der Waals surface area (Å²) in [5.74, 6) is 0.0990. The molecular weight excluding hydrogens is 423 g/mol. The summed E-state index contributed by atoms with van der Waals surface area (Å²) in [5, 5.41) is 2.99. The van der Waals surface area contributed by atoms with Gasteiger partial charge >= 0.3 is 0 Å². The number of ether oxygens (including phenoxy) is 2. The zero-order chi connectivity index (χ0) is 22.2. The van der Waals surface area contributed by atoms with Gasteiger partial charge in [0.25, 0.3) is 5.91 Å². The van der Waals surface area contributed by atoms with E-state index in [1.165, 1.54) is 12.1 Å². The van der Waals surface area contributed by atoms with Gasteiger partial charge in [0.1, 0.15) is 23.9 Å². The zero-order valence-corrected chi connectivity index (χ0v) is 18.2. The van der Waals surface area contributed by atoms with Gasteiger partial charge in [-0.1, -0.05) is 11.6 Å². The predicted octanol–water partition coefficient (Wildman–Crippen LogP) is 3.95. The molecule has 1 aromatic carbocycles. The Hall–Kier alpha value is -2.67. The molecule has 0 saturated heterocycles. The summed E-state index contributed by atoms with van der Waals surface area (Å²) in [4.78, 5) is 28.9. The van der Waals surface area contributed by atoms with Gasteiger partial charge in [-0.05, 0) is 50.7 Å². The molecule has 3 fully saturated rings. The summed E-state index contributed by atoms with van der Waals surface area (Å²) in [6, 6.07) is 7.66. The van der Waals surface area contributed by atoms with Crippen molar-refractivity contribution in [2.24, 2.45) is 5.41 Å². The molecule has 3 aliphatic carbocycles. The molecule has 0 spiro atoms. The van der Waals surface area contributed by atoms with Crippen molar-refractivity contribution < 1.29 is 23.5 Å². The van der Waals surface area contributed by atoms with Crippen LogP contribution < -0.4 is 14.8 Å². The standard InChI is InChI=1S/C23H24ClFN2O4/c1-14-5-18(6-15(2)26-14)30-9-16(28)8-22-11-23(12-22,13-22)27-21(29)10-31-17-3-4-19(24)20(25)7-17/h3-7H,8-13H2,1-2H3,(H,27,29). The minimum atomic E-state index is -0.594. The van der Waals surface area contributed by atoms with Gasteiger partial charge in [0, 0.05) is 41.5 Å². The van der Waals surface area contributed by atoms with E-state index in [4.69, 9.17) is 21.1 Å². The highest BCUT2D eigenvalue weighted by Gasteiger charge is 2.68. The van der Waals surface area contributed by atoms with E-state index in [0.717, 1.165) is 36.7 Å². The fourth-order valence-corrected chi connectivity index (χ4v) is 5.00. The number of pyridine rings is 1. The van der Waals surface area contributed by atoms with Crippen LogP contribution in [0.15, 0.2) is 30.3 Å². The first-order valence-electron chi connectivity index (χ1n) is 10.1. The van der Waals surface area contributed by atoms with E-state index < -0.39 is 5.82 Å². The molecule has 8 heteroatoms. The van der Waals surface area contributed by atoms with Crippen LogP contribution in [0.1, 0.15) is 37.1 Å². The quantitative estimate of drug-likeness (QED) is 0.631. The van der Waals surface area contributed by atoms with Crippen LogP contribution in [0, 0.1) is 25.1 Å². The first-order chi connectivity index (χ1) is 14.7. The number of amides is 1. The van der Waals surface area contributed by atoms with Gasteiger partial charge in [-0.2, -0.15) is 0 Å². The third-order valence-corrected chi connectivity index (χ3v) is 6.14. The number of ketones is 1. The number of halogens is 2. The van der Waals surface area contributed by atoms with Crippen LogP contribution in [0.25, 0.3) is 0 Å². The summed E-state index contributed by atoms with van der Waals surface area (Å²) in [6.45, 7) is 3.61. The second-order valence-corrected chi connectivity index (χ2v) is 9.22. The van der Waals surface area contributed by atoms with Crippen molar-refractivity contribution in [1.82, 2.24) is 10.3 Å². The van der Waals surface area contributed by atoms with E-state index in [-0.39, 0.29) is 46.6 Å². The number of nitrogens with one attached hydrogen (secondary N) is 1. The molecule has 164 valence electrons. The number of rotatable bonds is 9. The van der Waals surface area contributed by atoms with Crippen LogP contribution in [0.2, 0.25) is 5.02 Å². The normalized spacial score (nSPS) is 23.4. The maximum absolute atomic E-state index is 13.4. The number of benzene rings is 1. The van der Waals surface area contributed by atoms with Crippen molar-refractivity contribution in [3.63, 3.8) is 0 Å². The number of nitrogens with zero attached hydrogens (tertiary/aromatic N) is 1. The molecule has 0 unspecified atom stereocenters. The van der Waals surface area contributed by atoms with Crippen molar-refractivity contribution in [1.29, 1.82) is 0 Å². The first-order valence-corrected chi connectivity index (χ1v) is 10.5. The smallest absolute Gasteiger partial charge is 0.258 e. The summed E-state index contributed by atoms with van der Waals surface area (Å²) < 4.78 is 24.4. The number of carbonyl (C=O) groups excluding carboxylic acids is 2. The van der Waals surface area contributed by atoms with E-state index in [9.17, 15) is 14.0 Å². The summed E-state index contributed by atoms with van der Waals surface area (Å²) in [5.41, 5.74) is 1.43. The molecule has 3 saturated carbocycles. The third kappa shape index (κ3) is 4.82. The fraction of sp³-hybridized carbons (Fsp3) is 0.435. The Bertz CT molecular complexity index is 1000. The second kappa shape index (κ2) is 8.11. The molecule has 6 nitrogen and oxygen atoms in total. The van der Waals surface area contributed by atoms with Crippen LogP contribution in [-0.4, -0.2) is 35.4 Å². The van der Waals surface area contributed by atoms with Crippen molar-refractivity contribution in [3.8, 4) is 11.5 Å². The van der Waals surface area contributed by atoms with E-state index in [1.54, 1.807) is 0 Å². The Balaban J connectivity index is 1.18. The number of hydrogen-bond donors (Lipinski definition) is 1. The molecule has 1 amide bonds. The Morgan fingerprint density at radius 3 is 2.35 bits per heavy atom. The molecule has 2 aromatic rings. The number of aryl methyl sites for hydroxylation is 2. The number of Topliss-reactive ketones (excluding diaryl/α,β-unsaturated/α-hetero) is 1. The molecule has 31 heavy (non-hydrogen) atoms. The van der Waals surface area contributed by atoms with E-state index >= 15 is 0 Å². The van der Waals surface area contributed by atoms with E-state index in [1.807, 2.05) is 26.0 Å². The SMILES string of the molecule is Cc1cc(OCC(=O)CC23CC(NC(=O)COc4ccc(Cl)c(F)c4)(C2)C3)cc(C)n1. The highest BCUT2D eigenvalue weighted by atomic mass is 35.5. The van der Waals surface area contributed by atoms with Crippen molar-refractivity contribution in [3.05, 3.63) is 52.6 Å². The molecule has 2 bridgehead atoms. The van der Waals surface area contributed by atoms with Crippen molar-refractivity contribution in [2.75, 3.05) is 13.2 Å². The van der Waals surface area contributed by atoms with Crippen LogP contribution in [0.5, 0.6) is 11.5 Å². The van der Waals surface area contributed by atoms with Crippen LogP contribution in [0.4, 0.5) is 4.39 Å². The van der Waals surface area contributed by atoms with Gasteiger partial charge in [-0.3, -0.25) is 14.6 Å². The van der Waals surface area contributed by atoms with Gasteiger partial charge in [0.2, 0.25) is 0 Å². The third-order valence-electron chi connectivity index (χ3n) is 5.83. The summed E-state index contributed by atoms with van der Waals surface area (Å²) in [6.07, 6.45) is 2.79. The number of carbonyl (C=O) groups is 2. The lowest BCUT2D eigenvalue weighted by Gasteiger charge is -2.70. The lowest BCUT2D eigenvalue weighted by Crippen LogP contribution is -2.75. The minimum Gasteiger partial charge on any atom is -0.486 e.